The van der Waals surface area contributed by atoms with Crippen LogP contribution in [0.25, 0.3) is 5.65 Å². The van der Waals surface area contributed by atoms with E-state index in [1.165, 1.54) is 4.40 Å². The maximum absolute atomic E-state index is 14.2. The van der Waals surface area contributed by atoms with Crippen LogP contribution in [0.1, 0.15) is 29.0 Å². The summed E-state index contributed by atoms with van der Waals surface area (Å²) in [5, 5.41) is 2.72. The Hall–Kier alpha value is -1.95. The Morgan fingerprint density at radius 2 is 2.32 bits per heavy atom. The van der Waals surface area contributed by atoms with Crippen molar-refractivity contribution < 1.29 is 9.18 Å². The summed E-state index contributed by atoms with van der Waals surface area (Å²) in [7, 11) is 0. The molecular weight excluding hydrogens is 247 g/mol. The molecule has 2 aromatic rings. The van der Waals surface area contributed by atoms with Crippen LogP contribution in [0, 0.1) is 12.9 Å². The van der Waals surface area contributed by atoms with Crippen LogP contribution in [0.2, 0.25) is 0 Å². The molecule has 0 radical (unpaired) electrons. The van der Waals surface area contributed by atoms with Gasteiger partial charge in [0.1, 0.15) is 5.65 Å². The van der Waals surface area contributed by atoms with E-state index in [1.54, 1.807) is 25.1 Å². The predicted octanol–water partition coefficient (Wildman–Crippen LogP) is 1.00. The van der Waals surface area contributed by atoms with Crippen molar-refractivity contribution in [2.75, 3.05) is 0 Å². The highest BCUT2D eigenvalue weighted by molar-refractivity contribution is 5.93. The fourth-order valence-electron chi connectivity index (χ4n) is 2.30. The van der Waals surface area contributed by atoms with Gasteiger partial charge >= 0.3 is 0 Å². The van der Waals surface area contributed by atoms with Gasteiger partial charge in [0.05, 0.1) is 0 Å². The number of pyridine rings is 1. The van der Waals surface area contributed by atoms with Gasteiger partial charge in [0.25, 0.3) is 5.91 Å². The maximum atomic E-state index is 14.2. The highest BCUT2D eigenvalue weighted by Crippen LogP contribution is 2.19. The molecule has 2 heterocycles. The molecule has 3 N–H and O–H groups in total. The maximum Gasteiger partial charge on any atom is 0.274 e. The van der Waals surface area contributed by atoms with Crippen LogP contribution in [0.15, 0.2) is 18.2 Å². The largest absolute Gasteiger partial charge is 0.346 e. The molecule has 2 aromatic heterocycles. The van der Waals surface area contributed by atoms with Crippen molar-refractivity contribution in [1.82, 2.24) is 14.7 Å². The normalized spacial score (nSPS) is 22.3. The van der Waals surface area contributed by atoms with Crippen molar-refractivity contribution in [1.29, 1.82) is 0 Å². The molecule has 1 amide bonds. The number of carbonyl (C=O) groups is 1. The van der Waals surface area contributed by atoms with Gasteiger partial charge in [0.15, 0.2) is 5.69 Å². The Morgan fingerprint density at radius 1 is 1.53 bits per heavy atom. The molecule has 0 unspecified atom stereocenters. The molecule has 6 heteroatoms. The third-order valence-corrected chi connectivity index (χ3v) is 3.64. The predicted molar refractivity (Wildman–Crippen MR) is 68.4 cm³/mol. The second kappa shape index (κ2) is 4.31. The van der Waals surface area contributed by atoms with Crippen LogP contribution < -0.4 is 11.1 Å². The topological polar surface area (TPSA) is 72.4 Å². The average molecular weight is 262 g/mol. The number of nitrogens with zero attached hydrogens (tertiary/aromatic N) is 2. The molecule has 1 saturated carbocycles. The van der Waals surface area contributed by atoms with E-state index in [1.807, 2.05) is 0 Å². The fourth-order valence-corrected chi connectivity index (χ4v) is 2.30. The first-order valence-electron chi connectivity index (χ1n) is 6.28. The highest BCUT2D eigenvalue weighted by Gasteiger charge is 2.30. The molecule has 0 aromatic carbocycles. The van der Waals surface area contributed by atoms with Crippen LogP contribution in [0.5, 0.6) is 0 Å². The number of carbonyl (C=O) groups excluding carboxylic acids is 1. The SMILES string of the molecule is Cc1cccc2nc(C(=O)N[C@@H]3CC[C@@H]3N)c(F)n12. The van der Waals surface area contributed by atoms with E-state index in [0.29, 0.717) is 11.3 Å². The number of hydrogen-bond acceptors (Lipinski definition) is 3. The average Bonchev–Trinajstić information content (AvgIpc) is 2.73. The van der Waals surface area contributed by atoms with E-state index in [9.17, 15) is 9.18 Å². The van der Waals surface area contributed by atoms with Gasteiger partial charge in [-0.25, -0.2) is 4.98 Å². The lowest BCUT2D eigenvalue weighted by atomic mass is 9.87. The zero-order valence-corrected chi connectivity index (χ0v) is 10.6. The number of fused-ring (bicyclic) bond motifs is 1. The van der Waals surface area contributed by atoms with E-state index in [-0.39, 0.29) is 17.8 Å². The van der Waals surface area contributed by atoms with Gasteiger partial charge in [-0.1, -0.05) is 6.07 Å². The number of hydrogen-bond donors (Lipinski definition) is 2. The lowest BCUT2D eigenvalue weighted by molar-refractivity contribution is 0.0896. The second-order valence-electron chi connectivity index (χ2n) is 4.93. The van der Waals surface area contributed by atoms with E-state index < -0.39 is 11.9 Å². The summed E-state index contributed by atoms with van der Waals surface area (Å²) in [6.45, 7) is 1.77. The smallest absolute Gasteiger partial charge is 0.274 e. The number of aromatic nitrogens is 2. The van der Waals surface area contributed by atoms with Crippen molar-refractivity contribution in [3.05, 3.63) is 35.5 Å². The molecule has 2 atom stereocenters. The Bertz CT molecular complexity index is 651. The number of nitrogens with two attached hydrogens (primary N) is 1. The van der Waals surface area contributed by atoms with Crippen molar-refractivity contribution in [2.24, 2.45) is 5.73 Å². The molecule has 5 nitrogen and oxygen atoms in total. The highest BCUT2D eigenvalue weighted by atomic mass is 19.1. The lowest BCUT2D eigenvalue weighted by Gasteiger charge is -2.33. The molecule has 100 valence electrons. The van der Waals surface area contributed by atoms with Gasteiger partial charge in [-0.2, -0.15) is 4.39 Å². The van der Waals surface area contributed by atoms with Gasteiger partial charge < -0.3 is 11.1 Å². The Morgan fingerprint density at radius 3 is 2.89 bits per heavy atom. The van der Waals surface area contributed by atoms with E-state index in [4.69, 9.17) is 5.73 Å². The molecule has 0 aliphatic heterocycles. The summed E-state index contributed by atoms with van der Waals surface area (Å²) >= 11 is 0. The monoisotopic (exact) mass is 262 g/mol. The first kappa shape index (κ1) is 12.1. The molecule has 0 saturated heterocycles. The number of halogens is 1. The van der Waals surface area contributed by atoms with Crippen molar-refractivity contribution in [2.45, 2.75) is 31.8 Å². The zero-order chi connectivity index (χ0) is 13.6. The van der Waals surface area contributed by atoms with Gasteiger partial charge in [0.2, 0.25) is 5.95 Å². The molecule has 3 rings (SSSR count). The molecule has 1 fully saturated rings. The standard InChI is InChI=1S/C13H15FN4O/c1-7-3-2-4-10-17-11(12(14)18(7)10)13(19)16-9-6-5-8(9)15/h2-4,8-9H,5-6,15H2,1H3,(H,16,19)/t8-,9+/m0/s1. The molecular formula is C13H15FN4O. The third kappa shape index (κ3) is 1.88. The molecule has 0 bridgehead atoms. The Balaban J connectivity index is 1.94. The van der Waals surface area contributed by atoms with Crippen LogP contribution in [0.4, 0.5) is 4.39 Å². The molecule has 1 aliphatic carbocycles. The molecule has 0 spiro atoms. The van der Waals surface area contributed by atoms with E-state index >= 15 is 0 Å². The zero-order valence-electron chi connectivity index (χ0n) is 10.6. The number of nitrogens with one attached hydrogen (secondary N) is 1. The summed E-state index contributed by atoms with van der Waals surface area (Å²) in [6.07, 6.45) is 1.72. The summed E-state index contributed by atoms with van der Waals surface area (Å²) in [5.74, 6) is -1.13. The number of imidazole rings is 1. The lowest BCUT2D eigenvalue weighted by Crippen LogP contribution is -2.54. The summed E-state index contributed by atoms with van der Waals surface area (Å²) in [6, 6.07) is 5.10. The van der Waals surface area contributed by atoms with Gasteiger partial charge in [0, 0.05) is 17.8 Å². The number of aryl methyl sites for hydroxylation is 1. The quantitative estimate of drug-likeness (QED) is 0.848. The second-order valence-corrected chi connectivity index (χ2v) is 4.93. The molecule has 1 aliphatic rings. The van der Waals surface area contributed by atoms with Crippen molar-refractivity contribution in [3.8, 4) is 0 Å². The summed E-state index contributed by atoms with van der Waals surface area (Å²) < 4.78 is 15.5. The first-order valence-corrected chi connectivity index (χ1v) is 6.28. The minimum absolute atomic E-state index is 0.0363. The minimum atomic E-state index is -0.626. The number of amides is 1. The summed E-state index contributed by atoms with van der Waals surface area (Å²) in [5.41, 5.74) is 6.71. The van der Waals surface area contributed by atoms with Crippen molar-refractivity contribution >= 4 is 11.6 Å². The number of rotatable bonds is 2. The van der Waals surface area contributed by atoms with Crippen LogP contribution in [-0.4, -0.2) is 27.4 Å². The van der Waals surface area contributed by atoms with Gasteiger partial charge in [-0.05, 0) is 31.9 Å². The van der Waals surface area contributed by atoms with Gasteiger partial charge in [-0.3, -0.25) is 9.20 Å². The fraction of sp³-hybridized carbons (Fsp3) is 0.385. The Labute approximate surface area is 109 Å². The van der Waals surface area contributed by atoms with Crippen LogP contribution in [-0.2, 0) is 0 Å². The summed E-state index contributed by atoms with van der Waals surface area (Å²) in [4.78, 5) is 16.1. The van der Waals surface area contributed by atoms with E-state index in [0.717, 1.165) is 12.8 Å². The van der Waals surface area contributed by atoms with E-state index in [2.05, 4.69) is 10.3 Å². The van der Waals surface area contributed by atoms with Gasteiger partial charge in [-0.15, -0.1) is 0 Å². The van der Waals surface area contributed by atoms with Crippen molar-refractivity contribution in [3.63, 3.8) is 0 Å². The minimum Gasteiger partial charge on any atom is -0.346 e. The first-order chi connectivity index (χ1) is 9.08. The van der Waals surface area contributed by atoms with Crippen LogP contribution in [0.3, 0.4) is 0 Å². The van der Waals surface area contributed by atoms with Crippen LogP contribution >= 0.6 is 0 Å². The molecule has 19 heavy (non-hydrogen) atoms. The Kier molecular flexibility index (Phi) is 2.74. The third-order valence-electron chi connectivity index (χ3n) is 3.64.